The number of fused-ring (bicyclic) bond motifs is 1. The van der Waals surface area contributed by atoms with Gasteiger partial charge in [-0.2, -0.15) is 5.10 Å². The third-order valence-corrected chi connectivity index (χ3v) is 7.90. The highest BCUT2D eigenvalue weighted by Gasteiger charge is 2.27. The first-order valence-corrected chi connectivity index (χ1v) is 13.9. The fourth-order valence-electron chi connectivity index (χ4n) is 5.04. The molecule has 0 atom stereocenters. The summed E-state index contributed by atoms with van der Waals surface area (Å²) in [5.41, 5.74) is 3.61. The third kappa shape index (κ3) is 4.80. The molecule has 0 unspecified atom stereocenters. The Morgan fingerprint density at radius 2 is 1.76 bits per heavy atom. The molecule has 2 aliphatic rings. The van der Waals surface area contributed by atoms with Crippen molar-refractivity contribution in [3.8, 4) is 5.82 Å². The summed E-state index contributed by atoms with van der Waals surface area (Å²) in [5, 5.41) is 15.4. The number of aliphatic hydroxyl groups excluding tert-OH is 1. The number of sulfone groups is 1. The molecule has 2 fully saturated rings. The average Bonchev–Trinajstić information content (AvgIpc) is 3.17. The van der Waals surface area contributed by atoms with Gasteiger partial charge in [-0.25, -0.2) is 23.1 Å². The number of β-amino-alcohol motifs (C(OH)–C–C–N with tert-alkyl or cyclic N) is 1. The number of aromatic nitrogens is 4. The van der Waals surface area contributed by atoms with Gasteiger partial charge < -0.3 is 14.9 Å². The van der Waals surface area contributed by atoms with Crippen LogP contribution in [0.25, 0.3) is 16.7 Å². The quantitative estimate of drug-likeness (QED) is 0.565. The van der Waals surface area contributed by atoms with Crippen molar-refractivity contribution in [3.05, 3.63) is 41.3 Å². The molecule has 1 N–H and O–H groups in total. The van der Waals surface area contributed by atoms with Gasteiger partial charge in [0.2, 0.25) is 0 Å². The van der Waals surface area contributed by atoms with Crippen molar-refractivity contribution < 1.29 is 13.5 Å². The molecule has 0 saturated carbocycles. The molecule has 0 amide bonds. The largest absolute Gasteiger partial charge is 0.389 e. The van der Waals surface area contributed by atoms with Gasteiger partial charge >= 0.3 is 0 Å². The number of anilines is 1. The van der Waals surface area contributed by atoms with E-state index in [1.165, 1.54) is 17.4 Å². The van der Waals surface area contributed by atoms with Crippen LogP contribution < -0.4 is 4.90 Å². The third-order valence-electron chi connectivity index (χ3n) is 6.98. The molecular formula is C24H32N6O3S. The van der Waals surface area contributed by atoms with Crippen LogP contribution in [0.1, 0.15) is 35.7 Å². The van der Waals surface area contributed by atoms with Crippen molar-refractivity contribution in [2.24, 2.45) is 0 Å². The zero-order valence-electron chi connectivity index (χ0n) is 20.0. The highest BCUT2D eigenvalue weighted by Crippen LogP contribution is 2.33. The summed E-state index contributed by atoms with van der Waals surface area (Å²) in [4.78, 5) is 13.5. The number of nitrogens with zero attached hydrogens (tertiary/aromatic N) is 6. The van der Waals surface area contributed by atoms with E-state index < -0.39 is 9.84 Å². The molecule has 34 heavy (non-hydrogen) atoms. The Hall–Kier alpha value is -2.56. The van der Waals surface area contributed by atoms with E-state index in [4.69, 9.17) is 0 Å². The normalized spacial score (nSPS) is 18.5. The number of hydrogen-bond acceptors (Lipinski definition) is 8. The van der Waals surface area contributed by atoms with Gasteiger partial charge in [0.1, 0.15) is 21.5 Å². The van der Waals surface area contributed by atoms with Crippen LogP contribution in [0.4, 0.5) is 5.82 Å². The maximum absolute atomic E-state index is 11.5. The average molecular weight is 485 g/mol. The summed E-state index contributed by atoms with van der Waals surface area (Å²) < 4.78 is 24.9. The second kappa shape index (κ2) is 8.90. The zero-order valence-corrected chi connectivity index (χ0v) is 20.8. The standard InChI is InChI=1S/C24H32N6O3S/c1-16-10-19-13-25-30(24-12-23(26-17(2)27-24)29-14-20(31)15-29)22(19)11-21(16)18-4-6-28(7-5-18)8-9-34(3,32)33/h10-13,18,20,31H,4-9,14-15H2,1-3H3. The summed E-state index contributed by atoms with van der Waals surface area (Å²) in [7, 11) is -2.93. The summed E-state index contributed by atoms with van der Waals surface area (Å²) in [6, 6.07) is 6.38. The first-order valence-electron chi connectivity index (χ1n) is 11.8. The molecule has 2 aliphatic heterocycles. The topological polar surface area (TPSA) is 104 Å². The van der Waals surface area contributed by atoms with E-state index in [-0.39, 0.29) is 11.9 Å². The van der Waals surface area contributed by atoms with Gasteiger partial charge in [-0.3, -0.25) is 0 Å². The lowest BCUT2D eigenvalue weighted by Crippen LogP contribution is -2.51. The fourth-order valence-corrected chi connectivity index (χ4v) is 5.63. The maximum atomic E-state index is 11.5. The van der Waals surface area contributed by atoms with Gasteiger partial charge in [0.05, 0.1) is 23.6 Å². The first kappa shape index (κ1) is 23.2. The van der Waals surface area contributed by atoms with Crippen LogP contribution in [0.3, 0.4) is 0 Å². The molecule has 0 radical (unpaired) electrons. The molecule has 4 heterocycles. The minimum atomic E-state index is -2.93. The Labute approximate surface area is 200 Å². The molecule has 1 aromatic carbocycles. The predicted molar refractivity (Wildman–Crippen MR) is 132 cm³/mol. The number of likely N-dealkylation sites (tertiary alicyclic amines) is 1. The monoisotopic (exact) mass is 484 g/mol. The SMILES string of the molecule is Cc1nc(N2CC(O)C2)cc(-n2ncc3cc(C)c(C4CCN(CCS(C)(=O)=O)CC4)cc32)n1. The van der Waals surface area contributed by atoms with Gasteiger partial charge in [0, 0.05) is 37.3 Å². The second-order valence-corrected chi connectivity index (χ2v) is 12.0. The Bertz CT molecular complexity index is 1310. The Morgan fingerprint density at radius 3 is 2.44 bits per heavy atom. The molecular weight excluding hydrogens is 452 g/mol. The molecule has 0 aliphatic carbocycles. The van der Waals surface area contributed by atoms with Crippen molar-refractivity contribution in [1.82, 2.24) is 24.6 Å². The number of hydrogen-bond donors (Lipinski definition) is 1. The van der Waals surface area contributed by atoms with E-state index in [1.54, 1.807) is 0 Å². The van der Waals surface area contributed by atoms with E-state index in [0.717, 1.165) is 48.5 Å². The fraction of sp³-hybridized carbons (Fsp3) is 0.542. The highest BCUT2D eigenvalue weighted by atomic mass is 32.2. The van der Waals surface area contributed by atoms with Gasteiger partial charge in [-0.15, -0.1) is 0 Å². The minimum Gasteiger partial charge on any atom is -0.389 e. The molecule has 182 valence electrons. The maximum Gasteiger partial charge on any atom is 0.159 e. The highest BCUT2D eigenvalue weighted by molar-refractivity contribution is 7.90. The molecule has 0 bridgehead atoms. The van der Waals surface area contributed by atoms with E-state index in [1.807, 2.05) is 28.8 Å². The minimum absolute atomic E-state index is 0.221. The number of benzene rings is 1. The van der Waals surface area contributed by atoms with Crippen LogP contribution in [-0.2, 0) is 9.84 Å². The number of piperidine rings is 1. The lowest BCUT2D eigenvalue weighted by atomic mass is 9.86. The smallest absolute Gasteiger partial charge is 0.159 e. The summed E-state index contributed by atoms with van der Waals surface area (Å²) in [5.74, 6) is 2.87. The van der Waals surface area contributed by atoms with E-state index in [2.05, 4.69) is 39.0 Å². The molecule has 2 saturated heterocycles. The van der Waals surface area contributed by atoms with Crippen molar-refractivity contribution in [2.45, 2.75) is 38.7 Å². The first-order chi connectivity index (χ1) is 16.2. The molecule has 2 aromatic heterocycles. The van der Waals surface area contributed by atoms with Gasteiger partial charge in [-0.1, -0.05) is 0 Å². The second-order valence-electron chi connectivity index (χ2n) is 9.76. The molecule has 3 aromatic rings. The van der Waals surface area contributed by atoms with Crippen molar-refractivity contribution in [3.63, 3.8) is 0 Å². The Morgan fingerprint density at radius 1 is 1.06 bits per heavy atom. The number of rotatable bonds is 6. The van der Waals surface area contributed by atoms with Gasteiger partial charge in [0.15, 0.2) is 5.82 Å². The van der Waals surface area contributed by atoms with Crippen LogP contribution in [0.15, 0.2) is 24.4 Å². The van der Waals surface area contributed by atoms with Gasteiger partial charge in [0.25, 0.3) is 0 Å². The Kier molecular flexibility index (Phi) is 6.07. The zero-order chi connectivity index (χ0) is 24.0. The molecule has 5 rings (SSSR count). The molecule has 0 spiro atoms. The van der Waals surface area contributed by atoms with Crippen molar-refractivity contribution in [2.75, 3.05) is 49.6 Å². The summed E-state index contributed by atoms with van der Waals surface area (Å²) in [6.45, 7) is 7.64. The Balaban J connectivity index is 1.40. The molecule has 10 heteroatoms. The van der Waals surface area contributed by atoms with Crippen LogP contribution >= 0.6 is 0 Å². The van der Waals surface area contributed by atoms with Crippen LogP contribution in [0, 0.1) is 13.8 Å². The van der Waals surface area contributed by atoms with Crippen LogP contribution in [-0.4, -0.2) is 89.0 Å². The van der Waals surface area contributed by atoms with E-state index >= 15 is 0 Å². The lowest BCUT2D eigenvalue weighted by molar-refractivity contribution is 0.141. The summed E-state index contributed by atoms with van der Waals surface area (Å²) in [6.07, 6.45) is 4.91. The van der Waals surface area contributed by atoms with Gasteiger partial charge in [-0.05, 0) is 69.0 Å². The van der Waals surface area contributed by atoms with Crippen molar-refractivity contribution >= 4 is 26.6 Å². The number of aryl methyl sites for hydroxylation is 2. The van der Waals surface area contributed by atoms with E-state index in [0.29, 0.717) is 31.4 Å². The van der Waals surface area contributed by atoms with E-state index in [9.17, 15) is 13.5 Å². The molecule has 9 nitrogen and oxygen atoms in total. The predicted octanol–water partition coefficient (Wildman–Crippen LogP) is 1.84. The van der Waals surface area contributed by atoms with Crippen LogP contribution in [0.5, 0.6) is 0 Å². The lowest BCUT2D eigenvalue weighted by Gasteiger charge is -2.36. The van der Waals surface area contributed by atoms with Crippen molar-refractivity contribution in [1.29, 1.82) is 0 Å². The summed E-state index contributed by atoms with van der Waals surface area (Å²) >= 11 is 0. The van der Waals surface area contributed by atoms with Crippen LogP contribution in [0.2, 0.25) is 0 Å². The number of aliphatic hydroxyl groups is 1.